The maximum absolute atomic E-state index is 11.3. The van der Waals surface area contributed by atoms with E-state index in [1.165, 1.54) is 11.8 Å². The van der Waals surface area contributed by atoms with Crippen LogP contribution in [0.5, 0.6) is 0 Å². The number of nitrogens with zero attached hydrogens (tertiary/aromatic N) is 1. The Bertz CT molecular complexity index is 196. The van der Waals surface area contributed by atoms with Gasteiger partial charge in [0, 0.05) is 21.0 Å². The van der Waals surface area contributed by atoms with Gasteiger partial charge >= 0.3 is 5.97 Å². The van der Waals surface area contributed by atoms with Gasteiger partial charge in [-0.05, 0) is 13.8 Å². The molecule has 0 spiro atoms. The molecule has 0 aromatic carbocycles. The minimum Gasteiger partial charge on any atom is -0.450 e. The fraction of sp³-hybridized carbons (Fsp3) is 0.750. The van der Waals surface area contributed by atoms with E-state index in [9.17, 15) is 9.59 Å². The van der Waals surface area contributed by atoms with Gasteiger partial charge in [-0.2, -0.15) is 0 Å². The lowest BCUT2D eigenvalue weighted by atomic mass is 10.1. The van der Waals surface area contributed by atoms with Crippen LogP contribution in [0.25, 0.3) is 0 Å². The average Bonchev–Trinajstić information content (AvgIpc) is 1.82. The van der Waals surface area contributed by atoms with Crippen molar-refractivity contribution in [1.82, 2.24) is 4.90 Å². The number of carbonyl (C=O) groups excluding carboxylic acids is 2. The van der Waals surface area contributed by atoms with E-state index >= 15 is 0 Å². The second kappa shape index (κ2) is 3.56. The van der Waals surface area contributed by atoms with Crippen LogP contribution in [0.15, 0.2) is 0 Å². The molecule has 0 saturated carbocycles. The van der Waals surface area contributed by atoms with E-state index < -0.39 is 11.6 Å². The molecule has 0 atom stereocenters. The summed E-state index contributed by atoms with van der Waals surface area (Å²) in [4.78, 5) is 23.3. The van der Waals surface area contributed by atoms with E-state index in [1.807, 2.05) is 0 Å². The van der Waals surface area contributed by atoms with Gasteiger partial charge in [0.05, 0.1) is 0 Å². The Morgan fingerprint density at radius 3 is 1.92 bits per heavy atom. The predicted molar refractivity (Wildman–Crippen MR) is 44.5 cm³/mol. The molecule has 0 aromatic heterocycles. The zero-order chi connectivity index (χ0) is 9.94. The fourth-order valence-electron chi connectivity index (χ4n) is 0.941. The Hall–Kier alpha value is -1.06. The van der Waals surface area contributed by atoms with Gasteiger partial charge in [0.1, 0.15) is 0 Å². The molecule has 0 bridgehead atoms. The topological polar surface area (TPSA) is 46.6 Å². The van der Waals surface area contributed by atoms with Crippen molar-refractivity contribution in [3.05, 3.63) is 0 Å². The van der Waals surface area contributed by atoms with Crippen molar-refractivity contribution >= 4 is 11.9 Å². The van der Waals surface area contributed by atoms with E-state index in [0.29, 0.717) is 0 Å². The monoisotopic (exact) mass is 173 g/mol. The Morgan fingerprint density at radius 2 is 1.67 bits per heavy atom. The van der Waals surface area contributed by atoms with Crippen molar-refractivity contribution in [2.75, 3.05) is 14.1 Å². The molecule has 70 valence electrons. The molecule has 0 heterocycles. The molecule has 0 aliphatic heterocycles. The molecule has 1 amide bonds. The fourth-order valence-corrected chi connectivity index (χ4v) is 0.941. The molecular formula is C8H15NO3. The molecule has 0 fully saturated rings. The summed E-state index contributed by atoms with van der Waals surface area (Å²) in [5.41, 5.74) is -1.06. The van der Waals surface area contributed by atoms with Crippen LogP contribution in [0, 0.1) is 0 Å². The smallest absolute Gasteiger partial charge is 0.303 e. The SMILES string of the molecule is CC(=O)OC(C)(C)C(=O)N(C)C. The molecule has 0 unspecified atom stereocenters. The maximum Gasteiger partial charge on any atom is 0.303 e. The van der Waals surface area contributed by atoms with E-state index in [-0.39, 0.29) is 5.91 Å². The quantitative estimate of drug-likeness (QED) is 0.568. The maximum atomic E-state index is 11.3. The summed E-state index contributed by atoms with van der Waals surface area (Å²) < 4.78 is 4.83. The van der Waals surface area contributed by atoms with Crippen LogP contribution >= 0.6 is 0 Å². The van der Waals surface area contributed by atoms with Crippen molar-refractivity contribution in [2.24, 2.45) is 0 Å². The third-order valence-corrected chi connectivity index (χ3v) is 1.32. The number of hydrogen-bond acceptors (Lipinski definition) is 3. The number of hydrogen-bond donors (Lipinski definition) is 0. The van der Waals surface area contributed by atoms with E-state index in [4.69, 9.17) is 4.74 Å². The van der Waals surface area contributed by atoms with Crippen molar-refractivity contribution in [3.8, 4) is 0 Å². The Balaban J connectivity index is 4.39. The zero-order valence-corrected chi connectivity index (χ0v) is 8.17. The summed E-state index contributed by atoms with van der Waals surface area (Å²) in [6.45, 7) is 4.41. The number of amides is 1. The van der Waals surface area contributed by atoms with E-state index in [0.717, 1.165) is 0 Å². The Labute approximate surface area is 72.5 Å². The molecule has 0 N–H and O–H groups in total. The number of likely N-dealkylation sites (N-methyl/N-ethyl adjacent to an activating group) is 1. The van der Waals surface area contributed by atoms with Gasteiger partial charge in [-0.25, -0.2) is 0 Å². The lowest BCUT2D eigenvalue weighted by Crippen LogP contribution is -2.44. The number of rotatable bonds is 2. The highest BCUT2D eigenvalue weighted by molar-refractivity contribution is 5.86. The second-order valence-corrected chi connectivity index (χ2v) is 3.30. The van der Waals surface area contributed by atoms with Gasteiger partial charge < -0.3 is 9.64 Å². The first-order valence-electron chi connectivity index (χ1n) is 3.68. The molecule has 0 aliphatic carbocycles. The minimum absolute atomic E-state index is 0.224. The van der Waals surface area contributed by atoms with Gasteiger partial charge in [-0.1, -0.05) is 0 Å². The summed E-state index contributed by atoms with van der Waals surface area (Å²) >= 11 is 0. The normalized spacial score (nSPS) is 10.8. The van der Waals surface area contributed by atoms with Crippen LogP contribution in [-0.4, -0.2) is 36.5 Å². The second-order valence-electron chi connectivity index (χ2n) is 3.30. The summed E-state index contributed by atoms with van der Waals surface area (Å²) in [6, 6.07) is 0. The van der Waals surface area contributed by atoms with Gasteiger partial charge in [0.25, 0.3) is 5.91 Å². The first-order valence-corrected chi connectivity index (χ1v) is 3.68. The van der Waals surface area contributed by atoms with Crippen LogP contribution in [0.3, 0.4) is 0 Å². The average molecular weight is 173 g/mol. The largest absolute Gasteiger partial charge is 0.450 e. The highest BCUT2D eigenvalue weighted by Gasteiger charge is 2.32. The van der Waals surface area contributed by atoms with Gasteiger partial charge in [0.2, 0.25) is 0 Å². The summed E-state index contributed by atoms with van der Waals surface area (Å²) in [7, 11) is 3.24. The lowest BCUT2D eigenvalue weighted by molar-refractivity contribution is -0.167. The van der Waals surface area contributed by atoms with Gasteiger partial charge in [-0.3, -0.25) is 9.59 Å². The lowest BCUT2D eigenvalue weighted by Gasteiger charge is -2.26. The molecule has 4 nitrogen and oxygen atoms in total. The molecule has 12 heavy (non-hydrogen) atoms. The Morgan fingerprint density at radius 1 is 1.25 bits per heavy atom. The number of esters is 1. The summed E-state index contributed by atoms with van der Waals surface area (Å²) in [6.07, 6.45) is 0. The summed E-state index contributed by atoms with van der Waals surface area (Å²) in [5, 5.41) is 0. The molecular weight excluding hydrogens is 158 g/mol. The Kier molecular flexibility index (Phi) is 3.24. The molecule has 4 heteroatoms. The molecule has 0 rings (SSSR count). The van der Waals surface area contributed by atoms with Gasteiger partial charge in [0.15, 0.2) is 5.60 Å². The zero-order valence-electron chi connectivity index (χ0n) is 8.17. The molecule has 0 radical (unpaired) electrons. The van der Waals surface area contributed by atoms with Crippen molar-refractivity contribution in [1.29, 1.82) is 0 Å². The summed E-state index contributed by atoms with van der Waals surface area (Å²) in [5.74, 6) is -0.673. The minimum atomic E-state index is -1.06. The number of ether oxygens (including phenoxy) is 1. The standard InChI is InChI=1S/C8H15NO3/c1-6(10)12-8(2,3)7(11)9(4)5/h1-5H3. The van der Waals surface area contributed by atoms with Crippen molar-refractivity contribution in [2.45, 2.75) is 26.4 Å². The van der Waals surface area contributed by atoms with Crippen LogP contribution in [0.4, 0.5) is 0 Å². The highest BCUT2D eigenvalue weighted by Crippen LogP contribution is 2.11. The van der Waals surface area contributed by atoms with Crippen LogP contribution < -0.4 is 0 Å². The van der Waals surface area contributed by atoms with Crippen LogP contribution in [0.1, 0.15) is 20.8 Å². The molecule has 0 saturated heterocycles. The highest BCUT2D eigenvalue weighted by atomic mass is 16.6. The third kappa shape index (κ3) is 2.90. The third-order valence-electron chi connectivity index (χ3n) is 1.32. The number of carbonyl (C=O) groups is 2. The van der Waals surface area contributed by atoms with Crippen molar-refractivity contribution in [3.63, 3.8) is 0 Å². The van der Waals surface area contributed by atoms with Crippen LogP contribution in [-0.2, 0) is 14.3 Å². The predicted octanol–water partition coefficient (Wildman–Crippen LogP) is 0.416. The van der Waals surface area contributed by atoms with Crippen LogP contribution in [0.2, 0.25) is 0 Å². The van der Waals surface area contributed by atoms with E-state index in [2.05, 4.69) is 0 Å². The van der Waals surface area contributed by atoms with Gasteiger partial charge in [-0.15, -0.1) is 0 Å². The molecule has 0 aromatic rings. The first-order chi connectivity index (χ1) is 5.27. The first kappa shape index (κ1) is 10.9. The molecule has 0 aliphatic rings. The van der Waals surface area contributed by atoms with E-state index in [1.54, 1.807) is 27.9 Å². The van der Waals surface area contributed by atoms with Crippen molar-refractivity contribution < 1.29 is 14.3 Å².